The number of benzene rings is 2. The Morgan fingerprint density at radius 1 is 1.00 bits per heavy atom. The first kappa shape index (κ1) is 38.8. The summed E-state index contributed by atoms with van der Waals surface area (Å²) >= 11 is 0. The Hall–Kier alpha value is -5.09. The van der Waals surface area contributed by atoms with Crippen molar-refractivity contribution < 1.29 is 36.2 Å². The highest BCUT2D eigenvalue weighted by Crippen LogP contribution is 2.59. The first-order valence-electron chi connectivity index (χ1n) is 19.2. The molecular formula is C41H44F3N7O5S. The van der Waals surface area contributed by atoms with Gasteiger partial charge in [0.15, 0.2) is 5.65 Å². The second kappa shape index (κ2) is 14.7. The van der Waals surface area contributed by atoms with Crippen LogP contribution in [0, 0.1) is 25.7 Å². The third-order valence-corrected chi connectivity index (χ3v) is 13.4. The number of aromatic carboxylic acids is 1. The maximum absolute atomic E-state index is 14.1. The molecule has 3 atom stereocenters. The molecule has 57 heavy (non-hydrogen) atoms. The molecule has 0 radical (unpaired) electrons. The molecule has 16 heteroatoms. The Morgan fingerprint density at radius 3 is 2.39 bits per heavy atom. The average molecular weight is 804 g/mol. The zero-order valence-corrected chi connectivity index (χ0v) is 32.6. The molecule has 1 aliphatic heterocycles. The van der Waals surface area contributed by atoms with E-state index in [1.165, 1.54) is 24.3 Å². The maximum atomic E-state index is 14.1. The van der Waals surface area contributed by atoms with Crippen LogP contribution in [0.2, 0.25) is 0 Å². The summed E-state index contributed by atoms with van der Waals surface area (Å²) in [4.78, 5) is 29.9. The van der Waals surface area contributed by atoms with Crippen LogP contribution in [0.5, 0.6) is 5.88 Å². The van der Waals surface area contributed by atoms with Crippen LogP contribution in [-0.4, -0.2) is 62.8 Å². The highest BCUT2D eigenvalue weighted by molar-refractivity contribution is 7.92. The molecule has 12 nitrogen and oxygen atoms in total. The zero-order chi connectivity index (χ0) is 40.3. The predicted octanol–water partition coefficient (Wildman–Crippen LogP) is 7.81. The number of carbonyl (C=O) groups is 1. The number of anilines is 1. The fourth-order valence-corrected chi connectivity index (χ4v) is 9.62. The van der Waals surface area contributed by atoms with Gasteiger partial charge in [0.05, 0.1) is 34.1 Å². The van der Waals surface area contributed by atoms with Gasteiger partial charge in [-0.25, -0.2) is 27.9 Å². The van der Waals surface area contributed by atoms with Gasteiger partial charge in [-0.3, -0.25) is 4.98 Å². The maximum Gasteiger partial charge on any atom is 0.399 e. The highest BCUT2D eigenvalue weighted by atomic mass is 32.2. The fraction of sp³-hybridized carbons (Fsp3) is 0.439. The van der Waals surface area contributed by atoms with E-state index in [0.29, 0.717) is 28.5 Å². The van der Waals surface area contributed by atoms with E-state index in [2.05, 4.69) is 25.0 Å². The van der Waals surface area contributed by atoms with Gasteiger partial charge in [-0.15, -0.1) is 0 Å². The first-order valence-corrected chi connectivity index (χ1v) is 20.7. The Kier molecular flexibility index (Phi) is 9.99. The number of nitrogens with one attached hydrogen (secondary N) is 2. The van der Waals surface area contributed by atoms with Crippen molar-refractivity contribution in [2.24, 2.45) is 18.9 Å². The summed E-state index contributed by atoms with van der Waals surface area (Å²) in [5.74, 6) is -0.601. The van der Waals surface area contributed by atoms with Gasteiger partial charge in [0.1, 0.15) is 17.5 Å². The summed E-state index contributed by atoms with van der Waals surface area (Å²) < 4.78 is 79.8. The molecule has 3 aliphatic rings. The molecule has 5 aromatic rings. The minimum atomic E-state index is -4.35. The van der Waals surface area contributed by atoms with E-state index in [1.807, 2.05) is 32.0 Å². The van der Waals surface area contributed by atoms with Crippen LogP contribution < -0.4 is 14.8 Å². The van der Waals surface area contributed by atoms with E-state index in [1.54, 1.807) is 23.9 Å². The van der Waals surface area contributed by atoms with Gasteiger partial charge in [-0.05, 0) is 86.8 Å². The number of ether oxygens (including phenoxy) is 1. The summed E-state index contributed by atoms with van der Waals surface area (Å²) in [7, 11) is -2.68. The number of fused-ring (bicyclic) bond motifs is 1. The Labute approximate surface area is 328 Å². The van der Waals surface area contributed by atoms with Crippen LogP contribution in [-0.2, 0) is 22.5 Å². The number of halogens is 3. The van der Waals surface area contributed by atoms with E-state index in [9.17, 15) is 31.5 Å². The monoisotopic (exact) mass is 803 g/mol. The molecule has 2 aliphatic carbocycles. The molecule has 300 valence electrons. The standard InChI is InChI=1S/C41H44F3N7O5S/c1-23-8-4-9-24(2)36(23)30-20-35(49-39(48-30)50-57(54,55)27-13-6-12-26(18-27)38(52)53)56-22-33-28(25-10-5-11-25)14-7-15-29(46-33)32-21-45-31-19-34(51(3)37(31)47-32)40(16-17-40)41(42,43)44/h4,6,8-9,12-13,18-21,25,28-29,33,46H,5,7,10-11,14-17,22H2,1-3H3,(H,52,53)(H,48,49,50)/t28-,29+,33-/m1/s1. The van der Waals surface area contributed by atoms with Crippen LogP contribution >= 0.6 is 0 Å². The molecule has 4 heterocycles. The summed E-state index contributed by atoms with van der Waals surface area (Å²) in [6.07, 6.45) is 3.36. The highest BCUT2D eigenvalue weighted by Gasteiger charge is 2.65. The number of carboxylic acid groups (broad SMARTS) is 1. The number of rotatable bonds is 11. The van der Waals surface area contributed by atoms with Crippen LogP contribution in [0.1, 0.15) is 90.3 Å². The molecule has 0 unspecified atom stereocenters. The first-order chi connectivity index (χ1) is 27.1. The average Bonchev–Trinajstić information content (AvgIpc) is 3.93. The predicted molar refractivity (Wildman–Crippen MR) is 206 cm³/mol. The van der Waals surface area contributed by atoms with E-state index in [0.717, 1.165) is 61.3 Å². The number of hydrogen-bond acceptors (Lipinski definition) is 9. The molecule has 3 aromatic heterocycles. The number of carboxylic acids is 1. The SMILES string of the molecule is Cc1cccc(C)c1-c1cc(OC[C@H]2N[C@H](c3cnc4cc(C5(C(F)(F)F)CC5)n(C)c4n3)CCC[C@@H]2C2CCC2)nc(NS(=O)(=O)c2cccc(C(=O)O)c2)n1. The van der Waals surface area contributed by atoms with E-state index in [4.69, 9.17) is 9.72 Å². The quantitative estimate of drug-likeness (QED) is 0.120. The van der Waals surface area contributed by atoms with Crippen molar-refractivity contribution in [3.63, 3.8) is 0 Å². The molecule has 2 aromatic carbocycles. The third-order valence-electron chi connectivity index (χ3n) is 12.1. The number of hydrogen-bond donors (Lipinski definition) is 3. The minimum Gasteiger partial charge on any atom is -0.478 e. The largest absolute Gasteiger partial charge is 0.478 e. The lowest BCUT2D eigenvalue weighted by molar-refractivity contribution is -0.162. The van der Waals surface area contributed by atoms with Crippen molar-refractivity contribution >= 4 is 33.1 Å². The lowest BCUT2D eigenvalue weighted by Gasteiger charge is -2.38. The van der Waals surface area contributed by atoms with Gasteiger partial charge in [-0.1, -0.05) is 49.9 Å². The van der Waals surface area contributed by atoms with Crippen molar-refractivity contribution in [1.29, 1.82) is 0 Å². The number of alkyl halides is 3. The summed E-state index contributed by atoms with van der Waals surface area (Å²) in [6.45, 7) is 4.05. The van der Waals surface area contributed by atoms with Crippen LogP contribution in [0.3, 0.4) is 0 Å². The van der Waals surface area contributed by atoms with Crippen molar-refractivity contribution in [3.05, 3.63) is 88.9 Å². The molecule has 2 saturated carbocycles. The Bertz CT molecular complexity index is 2440. The second-order valence-corrected chi connectivity index (χ2v) is 17.4. The molecular weight excluding hydrogens is 760 g/mol. The summed E-state index contributed by atoms with van der Waals surface area (Å²) in [6, 6.07) is 13.6. The number of nitrogens with zero attached hydrogens (tertiary/aromatic N) is 5. The number of sulfonamides is 1. The third kappa shape index (κ3) is 7.44. The molecule has 3 N–H and O–H groups in total. The van der Waals surface area contributed by atoms with Gasteiger partial charge in [0.25, 0.3) is 10.0 Å². The van der Waals surface area contributed by atoms with Crippen molar-refractivity contribution in [3.8, 4) is 17.1 Å². The summed E-state index contributed by atoms with van der Waals surface area (Å²) in [5.41, 5.74) is 2.70. The van der Waals surface area contributed by atoms with E-state index >= 15 is 0 Å². The smallest absolute Gasteiger partial charge is 0.399 e. The molecule has 8 rings (SSSR count). The van der Waals surface area contributed by atoms with Gasteiger partial charge in [-0.2, -0.15) is 18.2 Å². The Balaban J connectivity index is 1.10. The van der Waals surface area contributed by atoms with Crippen LogP contribution in [0.4, 0.5) is 19.1 Å². The van der Waals surface area contributed by atoms with Gasteiger partial charge >= 0.3 is 12.1 Å². The molecule has 0 amide bonds. The van der Waals surface area contributed by atoms with Gasteiger partial charge < -0.3 is 19.7 Å². The van der Waals surface area contributed by atoms with Crippen molar-refractivity contribution in [1.82, 2.24) is 29.8 Å². The fourth-order valence-electron chi connectivity index (χ4n) is 8.63. The molecule has 1 saturated heterocycles. The lowest BCUT2D eigenvalue weighted by Crippen LogP contribution is -2.45. The number of aryl methyl sites for hydroxylation is 3. The second-order valence-electron chi connectivity index (χ2n) is 15.7. The van der Waals surface area contributed by atoms with Crippen LogP contribution in [0.15, 0.2) is 65.7 Å². The van der Waals surface area contributed by atoms with Crippen molar-refractivity contribution in [2.45, 2.75) is 93.8 Å². The van der Waals surface area contributed by atoms with E-state index < -0.39 is 27.6 Å². The lowest BCUT2D eigenvalue weighted by atomic mass is 9.71. The topological polar surface area (TPSA) is 161 Å². The van der Waals surface area contributed by atoms with E-state index in [-0.39, 0.29) is 65.4 Å². The van der Waals surface area contributed by atoms with Gasteiger partial charge in [0, 0.05) is 30.4 Å². The zero-order valence-electron chi connectivity index (χ0n) is 31.8. The minimum absolute atomic E-state index is 0.0500. The Morgan fingerprint density at radius 2 is 1.72 bits per heavy atom. The molecule has 3 fully saturated rings. The van der Waals surface area contributed by atoms with Crippen LogP contribution in [0.25, 0.3) is 22.4 Å². The van der Waals surface area contributed by atoms with Gasteiger partial charge in [0.2, 0.25) is 11.8 Å². The molecule has 0 bridgehead atoms. The molecule has 0 spiro atoms. The van der Waals surface area contributed by atoms with Crippen molar-refractivity contribution in [2.75, 3.05) is 11.3 Å². The normalized spacial score (nSPS) is 21.1. The number of aromatic nitrogens is 5. The summed E-state index contributed by atoms with van der Waals surface area (Å²) in [5, 5.41) is 13.2.